The first kappa shape index (κ1) is 14.9. The second-order valence-electron chi connectivity index (χ2n) is 6.17. The van der Waals surface area contributed by atoms with Crippen molar-refractivity contribution in [1.29, 1.82) is 0 Å². The molecule has 0 saturated heterocycles. The number of hydrogen-bond acceptors (Lipinski definition) is 2. The summed E-state index contributed by atoms with van der Waals surface area (Å²) in [5.74, 6) is 0.542. The number of nitrogens with two attached hydrogens (primary N) is 1. The molecule has 20 heavy (non-hydrogen) atoms. The summed E-state index contributed by atoms with van der Waals surface area (Å²) in [6.07, 6.45) is 6.37. The Balaban J connectivity index is 2.08. The zero-order chi connectivity index (χ0) is 14.6. The Morgan fingerprint density at radius 3 is 2.40 bits per heavy atom. The van der Waals surface area contributed by atoms with Crippen molar-refractivity contribution in [3.63, 3.8) is 0 Å². The van der Waals surface area contributed by atoms with Gasteiger partial charge in [-0.2, -0.15) is 0 Å². The lowest BCUT2D eigenvalue weighted by Crippen LogP contribution is -2.52. The molecular formula is C17H26N2O. The predicted molar refractivity (Wildman–Crippen MR) is 83.6 cm³/mol. The maximum absolute atomic E-state index is 12.0. The third kappa shape index (κ3) is 3.33. The molecule has 1 saturated carbocycles. The lowest BCUT2D eigenvalue weighted by molar-refractivity contribution is -0.123. The molecule has 1 aliphatic rings. The van der Waals surface area contributed by atoms with E-state index in [1.807, 2.05) is 12.1 Å². The summed E-state index contributed by atoms with van der Waals surface area (Å²) in [5, 5.41) is 3.41. The van der Waals surface area contributed by atoms with Crippen LogP contribution in [0.3, 0.4) is 0 Å². The summed E-state index contributed by atoms with van der Waals surface area (Å²) in [4.78, 5) is 12.0. The minimum atomic E-state index is -0.556. The number of aryl methyl sites for hydroxylation is 1. The summed E-state index contributed by atoms with van der Waals surface area (Å²) in [6, 6.07) is 8.16. The molecule has 3 heteroatoms. The molecule has 0 heterocycles. The van der Waals surface area contributed by atoms with E-state index in [4.69, 9.17) is 5.73 Å². The Labute approximate surface area is 121 Å². The normalized spacial score (nSPS) is 26.2. The van der Waals surface area contributed by atoms with E-state index < -0.39 is 5.54 Å². The zero-order valence-electron chi connectivity index (χ0n) is 12.6. The molecule has 0 unspecified atom stereocenters. The molecule has 0 aromatic heterocycles. The van der Waals surface area contributed by atoms with Crippen molar-refractivity contribution < 1.29 is 4.79 Å². The molecule has 1 aliphatic carbocycles. The highest BCUT2D eigenvalue weighted by Crippen LogP contribution is 2.36. The number of amides is 1. The van der Waals surface area contributed by atoms with E-state index in [1.54, 1.807) is 0 Å². The third-order valence-corrected chi connectivity index (χ3v) is 4.56. The van der Waals surface area contributed by atoms with Gasteiger partial charge in [0.25, 0.3) is 0 Å². The number of rotatable bonds is 5. The molecule has 2 rings (SSSR count). The highest BCUT2D eigenvalue weighted by atomic mass is 16.1. The number of nitrogens with one attached hydrogen (secondary N) is 1. The topological polar surface area (TPSA) is 55.1 Å². The van der Waals surface area contributed by atoms with E-state index in [-0.39, 0.29) is 5.91 Å². The van der Waals surface area contributed by atoms with Gasteiger partial charge in [0.15, 0.2) is 0 Å². The molecule has 1 aromatic carbocycles. The second kappa shape index (κ2) is 6.29. The van der Waals surface area contributed by atoms with Gasteiger partial charge < -0.3 is 11.1 Å². The van der Waals surface area contributed by atoms with Crippen molar-refractivity contribution in [1.82, 2.24) is 0 Å². The van der Waals surface area contributed by atoms with Crippen LogP contribution in [0.4, 0.5) is 5.69 Å². The lowest BCUT2D eigenvalue weighted by atomic mass is 9.74. The van der Waals surface area contributed by atoms with Crippen molar-refractivity contribution in [3.05, 3.63) is 29.8 Å². The predicted octanol–water partition coefficient (Wildman–Crippen LogP) is 3.62. The SMILES string of the molecule is CCCC1CCC(Nc2ccc(C)cc2)(C(N)=O)CC1. The van der Waals surface area contributed by atoms with E-state index in [0.29, 0.717) is 0 Å². The van der Waals surface area contributed by atoms with E-state index in [1.165, 1.54) is 18.4 Å². The first-order valence-corrected chi connectivity index (χ1v) is 7.70. The number of hydrogen-bond donors (Lipinski definition) is 2. The van der Waals surface area contributed by atoms with Crippen LogP contribution in [0.2, 0.25) is 0 Å². The molecule has 0 radical (unpaired) electrons. The highest BCUT2D eigenvalue weighted by molar-refractivity contribution is 5.88. The maximum atomic E-state index is 12.0. The Hall–Kier alpha value is -1.51. The van der Waals surface area contributed by atoms with Crippen LogP contribution in [0, 0.1) is 12.8 Å². The fourth-order valence-corrected chi connectivity index (χ4v) is 3.21. The quantitative estimate of drug-likeness (QED) is 0.861. The van der Waals surface area contributed by atoms with Crippen LogP contribution in [0.25, 0.3) is 0 Å². The van der Waals surface area contributed by atoms with Gasteiger partial charge in [-0.1, -0.05) is 37.5 Å². The van der Waals surface area contributed by atoms with Gasteiger partial charge in [-0.15, -0.1) is 0 Å². The summed E-state index contributed by atoms with van der Waals surface area (Å²) in [7, 11) is 0. The number of carbonyl (C=O) groups excluding carboxylic acids is 1. The van der Waals surface area contributed by atoms with E-state index >= 15 is 0 Å². The van der Waals surface area contributed by atoms with Gasteiger partial charge in [0, 0.05) is 5.69 Å². The summed E-state index contributed by atoms with van der Waals surface area (Å²) in [6.45, 7) is 4.28. The smallest absolute Gasteiger partial charge is 0.243 e. The molecule has 0 bridgehead atoms. The van der Waals surface area contributed by atoms with Crippen LogP contribution >= 0.6 is 0 Å². The van der Waals surface area contributed by atoms with Crippen LogP contribution in [0.1, 0.15) is 51.0 Å². The van der Waals surface area contributed by atoms with Gasteiger partial charge in [-0.3, -0.25) is 4.79 Å². The fourth-order valence-electron chi connectivity index (χ4n) is 3.21. The first-order chi connectivity index (χ1) is 9.55. The summed E-state index contributed by atoms with van der Waals surface area (Å²) >= 11 is 0. The van der Waals surface area contributed by atoms with Gasteiger partial charge >= 0.3 is 0 Å². The van der Waals surface area contributed by atoms with Crippen LogP contribution < -0.4 is 11.1 Å². The van der Waals surface area contributed by atoms with Crippen LogP contribution in [-0.2, 0) is 4.79 Å². The van der Waals surface area contributed by atoms with Crippen LogP contribution in [0.5, 0.6) is 0 Å². The zero-order valence-corrected chi connectivity index (χ0v) is 12.6. The van der Waals surface area contributed by atoms with Crippen LogP contribution in [-0.4, -0.2) is 11.4 Å². The molecule has 3 nitrogen and oxygen atoms in total. The minimum Gasteiger partial charge on any atom is -0.371 e. The van der Waals surface area contributed by atoms with Gasteiger partial charge in [-0.05, 0) is 50.7 Å². The molecular weight excluding hydrogens is 248 g/mol. The number of carbonyl (C=O) groups is 1. The number of primary amides is 1. The molecule has 0 atom stereocenters. The maximum Gasteiger partial charge on any atom is 0.243 e. The molecule has 3 N–H and O–H groups in total. The highest BCUT2D eigenvalue weighted by Gasteiger charge is 2.40. The first-order valence-electron chi connectivity index (χ1n) is 7.70. The molecule has 1 fully saturated rings. The van der Waals surface area contributed by atoms with Crippen molar-refractivity contribution in [2.75, 3.05) is 5.32 Å². The van der Waals surface area contributed by atoms with Crippen molar-refractivity contribution in [2.45, 2.75) is 57.9 Å². The minimum absolute atomic E-state index is 0.215. The molecule has 0 spiro atoms. The van der Waals surface area contributed by atoms with Gasteiger partial charge in [0.2, 0.25) is 5.91 Å². The van der Waals surface area contributed by atoms with Gasteiger partial charge in [-0.25, -0.2) is 0 Å². The monoisotopic (exact) mass is 274 g/mol. The van der Waals surface area contributed by atoms with Crippen molar-refractivity contribution >= 4 is 11.6 Å². The third-order valence-electron chi connectivity index (χ3n) is 4.56. The fraction of sp³-hybridized carbons (Fsp3) is 0.588. The lowest BCUT2D eigenvalue weighted by Gasteiger charge is -2.39. The second-order valence-corrected chi connectivity index (χ2v) is 6.17. The van der Waals surface area contributed by atoms with Crippen molar-refractivity contribution in [3.8, 4) is 0 Å². The largest absolute Gasteiger partial charge is 0.371 e. The Morgan fingerprint density at radius 1 is 1.30 bits per heavy atom. The molecule has 1 aromatic rings. The average Bonchev–Trinajstić information content (AvgIpc) is 2.44. The van der Waals surface area contributed by atoms with Gasteiger partial charge in [0.05, 0.1) is 0 Å². The van der Waals surface area contributed by atoms with E-state index in [0.717, 1.165) is 37.3 Å². The standard InChI is InChI=1S/C17H26N2O/c1-3-4-14-9-11-17(12-10-14,16(18)20)19-15-7-5-13(2)6-8-15/h5-8,14,19H,3-4,9-12H2,1-2H3,(H2,18,20). The Kier molecular flexibility index (Phi) is 4.69. The van der Waals surface area contributed by atoms with E-state index in [2.05, 4.69) is 31.3 Å². The van der Waals surface area contributed by atoms with Crippen LogP contribution in [0.15, 0.2) is 24.3 Å². The Morgan fingerprint density at radius 2 is 1.90 bits per heavy atom. The summed E-state index contributed by atoms with van der Waals surface area (Å²) < 4.78 is 0. The molecule has 1 amide bonds. The molecule has 0 aliphatic heterocycles. The number of anilines is 1. The van der Waals surface area contributed by atoms with Crippen molar-refractivity contribution in [2.24, 2.45) is 11.7 Å². The summed E-state index contributed by atoms with van der Waals surface area (Å²) in [5.41, 5.74) is 7.35. The number of benzene rings is 1. The van der Waals surface area contributed by atoms with E-state index in [9.17, 15) is 4.79 Å². The van der Waals surface area contributed by atoms with Gasteiger partial charge in [0.1, 0.15) is 5.54 Å². The average molecular weight is 274 g/mol. The molecule has 110 valence electrons. The Bertz CT molecular complexity index is 445.